The van der Waals surface area contributed by atoms with E-state index in [1.807, 2.05) is 0 Å². The van der Waals surface area contributed by atoms with Crippen LogP contribution in [0.5, 0.6) is 0 Å². The topological polar surface area (TPSA) is 21.3 Å². The van der Waals surface area contributed by atoms with Crippen LogP contribution in [0.3, 0.4) is 0 Å². The SMILES string of the molecule is Cc1cccc(C2CNC3(CCC(C)CC3)CO2)c1. The van der Waals surface area contributed by atoms with Gasteiger partial charge in [-0.05, 0) is 44.1 Å². The van der Waals surface area contributed by atoms with Gasteiger partial charge in [-0.1, -0.05) is 36.8 Å². The number of rotatable bonds is 1. The number of nitrogens with one attached hydrogen (secondary N) is 1. The molecule has 0 aromatic heterocycles. The van der Waals surface area contributed by atoms with Crippen LogP contribution in [0.25, 0.3) is 0 Å². The highest BCUT2D eigenvalue weighted by Crippen LogP contribution is 2.36. The van der Waals surface area contributed by atoms with Crippen LogP contribution in [-0.2, 0) is 4.74 Å². The molecular weight excluding hydrogens is 234 g/mol. The van der Waals surface area contributed by atoms with Gasteiger partial charge in [0.2, 0.25) is 0 Å². The number of ether oxygens (including phenoxy) is 1. The van der Waals surface area contributed by atoms with E-state index in [0.717, 1.165) is 19.1 Å². The first-order chi connectivity index (χ1) is 9.17. The number of benzene rings is 1. The van der Waals surface area contributed by atoms with Crippen molar-refractivity contribution in [3.05, 3.63) is 35.4 Å². The molecule has 1 saturated carbocycles. The zero-order chi connectivity index (χ0) is 13.3. The Morgan fingerprint density at radius 3 is 2.68 bits per heavy atom. The standard InChI is InChI=1S/C17H25NO/c1-13-6-8-17(9-7-13)12-19-16(11-18-17)15-5-3-4-14(2)10-15/h3-5,10,13,16,18H,6-9,11-12H2,1-2H3. The molecule has 1 heterocycles. The van der Waals surface area contributed by atoms with Crippen molar-refractivity contribution >= 4 is 0 Å². The molecule has 1 spiro atoms. The Hall–Kier alpha value is -0.860. The van der Waals surface area contributed by atoms with Gasteiger partial charge in [0.1, 0.15) is 0 Å². The van der Waals surface area contributed by atoms with Crippen molar-refractivity contribution in [1.29, 1.82) is 0 Å². The van der Waals surface area contributed by atoms with Crippen LogP contribution in [0.1, 0.15) is 49.8 Å². The lowest BCUT2D eigenvalue weighted by molar-refractivity contribution is -0.0504. The van der Waals surface area contributed by atoms with Crippen LogP contribution in [0.4, 0.5) is 0 Å². The van der Waals surface area contributed by atoms with Crippen LogP contribution in [-0.4, -0.2) is 18.7 Å². The molecular formula is C17H25NO. The van der Waals surface area contributed by atoms with Gasteiger partial charge in [-0.25, -0.2) is 0 Å². The molecule has 0 bridgehead atoms. The van der Waals surface area contributed by atoms with Crippen molar-refractivity contribution in [2.24, 2.45) is 5.92 Å². The molecule has 1 saturated heterocycles. The van der Waals surface area contributed by atoms with Gasteiger partial charge in [-0.2, -0.15) is 0 Å². The van der Waals surface area contributed by atoms with Crippen molar-refractivity contribution in [3.8, 4) is 0 Å². The second kappa shape index (κ2) is 5.26. The molecule has 2 aliphatic rings. The fourth-order valence-corrected chi connectivity index (χ4v) is 3.40. The predicted molar refractivity (Wildman–Crippen MR) is 78.2 cm³/mol. The summed E-state index contributed by atoms with van der Waals surface area (Å²) in [5.74, 6) is 0.891. The Bertz CT molecular complexity index is 425. The highest BCUT2D eigenvalue weighted by atomic mass is 16.5. The third-order valence-electron chi connectivity index (χ3n) is 4.87. The van der Waals surface area contributed by atoms with E-state index >= 15 is 0 Å². The molecule has 1 aliphatic heterocycles. The van der Waals surface area contributed by atoms with E-state index in [0.29, 0.717) is 0 Å². The third-order valence-corrected chi connectivity index (χ3v) is 4.87. The van der Waals surface area contributed by atoms with Gasteiger partial charge in [0.25, 0.3) is 0 Å². The highest BCUT2D eigenvalue weighted by Gasteiger charge is 2.38. The normalized spacial score (nSPS) is 35.5. The van der Waals surface area contributed by atoms with E-state index in [4.69, 9.17) is 4.74 Å². The first-order valence-electron chi connectivity index (χ1n) is 7.60. The van der Waals surface area contributed by atoms with Crippen molar-refractivity contribution < 1.29 is 4.74 Å². The molecule has 2 fully saturated rings. The smallest absolute Gasteiger partial charge is 0.0950 e. The molecule has 1 aromatic carbocycles. The van der Waals surface area contributed by atoms with Gasteiger partial charge < -0.3 is 10.1 Å². The Morgan fingerprint density at radius 2 is 2.05 bits per heavy atom. The Labute approximate surface area is 116 Å². The van der Waals surface area contributed by atoms with Gasteiger partial charge in [0.05, 0.1) is 12.7 Å². The van der Waals surface area contributed by atoms with Crippen molar-refractivity contribution in [1.82, 2.24) is 5.32 Å². The van der Waals surface area contributed by atoms with Crippen molar-refractivity contribution in [2.75, 3.05) is 13.2 Å². The van der Waals surface area contributed by atoms with Crippen molar-refractivity contribution in [3.63, 3.8) is 0 Å². The average Bonchev–Trinajstić information content (AvgIpc) is 2.43. The van der Waals surface area contributed by atoms with Gasteiger partial charge in [0, 0.05) is 12.1 Å². The minimum Gasteiger partial charge on any atom is -0.370 e. The summed E-state index contributed by atoms with van der Waals surface area (Å²) in [4.78, 5) is 0. The first kappa shape index (κ1) is 13.1. The summed E-state index contributed by atoms with van der Waals surface area (Å²) in [5, 5.41) is 3.80. The Balaban J connectivity index is 1.63. The van der Waals surface area contributed by atoms with Crippen molar-refractivity contribution in [2.45, 2.75) is 51.2 Å². The van der Waals surface area contributed by atoms with E-state index in [1.165, 1.54) is 36.8 Å². The molecule has 3 rings (SSSR count). The summed E-state index contributed by atoms with van der Waals surface area (Å²) in [7, 11) is 0. The zero-order valence-electron chi connectivity index (χ0n) is 12.1. The van der Waals surface area contributed by atoms with Gasteiger partial charge in [0.15, 0.2) is 0 Å². The largest absolute Gasteiger partial charge is 0.370 e. The van der Waals surface area contributed by atoms with Crippen LogP contribution < -0.4 is 5.32 Å². The lowest BCUT2D eigenvalue weighted by Crippen LogP contribution is -2.56. The minimum atomic E-state index is 0.227. The molecule has 1 aromatic rings. The van der Waals surface area contributed by atoms with Gasteiger partial charge in [-0.3, -0.25) is 0 Å². The molecule has 1 aliphatic carbocycles. The highest BCUT2D eigenvalue weighted by molar-refractivity contribution is 5.25. The quantitative estimate of drug-likeness (QED) is 0.832. The maximum atomic E-state index is 6.19. The zero-order valence-corrected chi connectivity index (χ0v) is 12.1. The summed E-state index contributed by atoms with van der Waals surface area (Å²) < 4.78 is 6.19. The number of hydrogen-bond donors (Lipinski definition) is 1. The summed E-state index contributed by atoms with van der Waals surface area (Å²) in [6, 6.07) is 8.69. The van der Waals surface area contributed by atoms with Gasteiger partial charge in [-0.15, -0.1) is 0 Å². The molecule has 1 N–H and O–H groups in total. The maximum absolute atomic E-state index is 6.19. The number of hydrogen-bond acceptors (Lipinski definition) is 2. The third kappa shape index (κ3) is 2.85. The maximum Gasteiger partial charge on any atom is 0.0950 e. The Kier molecular flexibility index (Phi) is 3.64. The van der Waals surface area contributed by atoms with Gasteiger partial charge >= 0.3 is 0 Å². The molecule has 0 amide bonds. The van der Waals surface area contributed by atoms with E-state index in [2.05, 4.69) is 43.4 Å². The van der Waals surface area contributed by atoms with Crippen LogP contribution >= 0.6 is 0 Å². The lowest BCUT2D eigenvalue weighted by Gasteiger charge is -2.45. The first-order valence-corrected chi connectivity index (χ1v) is 7.60. The molecule has 2 nitrogen and oxygen atoms in total. The fraction of sp³-hybridized carbons (Fsp3) is 0.647. The summed E-state index contributed by atoms with van der Waals surface area (Å²) in [6.45, 7) is 6.34. The summed E-state index contributed by atoms with van der Waals surface area (Å²) >= 11 is 0. The van der Waals surface area contributed by atoms with E-state index < -0.39 is 0 Å². The van der Waals surface area contributed by atoms with E-state index in [1.54, 1.807) is 0 Å². The van der Waals surface area contributed by atoms with Crippen LogP contribution in [0.15, 0.2) is 24.3 Å². The van der Waals surface area contributed by atoms with Crippen LogP contribution in [0, 0.1) is 12.8 Å². The molecule has 2 heteroatoms. The Morgan fingerprint density at radius 1 is 1.26 bits per heavy atom. The predicted octanol–water partition coefficient (Wildman–Crippen LogP) is 3.60. The number of morpholine rings is 1. The van der Waals surface area contributed by atoms with Crippen LogP contribution in [0.2, 0.25) is 0 Å². The second-order valence-electron chi connectivity index (χ2n) is 6.56. The second-order valence-corrected chi connectivity index (χ2v) is 6.56. The summed E-state index contributed by atoms with van der Waals surface area (Å²) in [5.41, 5.74) is 2.90. The van der Waals surface area contributed by atoms with E-state index in [9.17, 15) is 0 Å². The summed E-state index contributed by atoms with van der Waals surface area (Å²) in [6.07, 6.45) is 5.45. The van der Waals surface area contributed by atoms with E-state index in [-0.39, 0.29) is 11.6 Å². The number of aryl methyl sites for hydroxylation is 1. The lowest BCUT2D eigenvalue weighted by atomic mass is 9.77. The molecule has 104 valence electrons. The molecule has 0 radical (unpaired) electrons. The molecule has 1 unspecified atom stereocenters. The average molecular weight is 259 g/mol. The minimum absolute atomic E-state index is 0.227. The monoisotopic (exact) mass is 259 g/mol. The molecule has 1 atom stereocenters. The fourth-order valence-electron chi connectivity index (χ4n) is 3.40. The molecule has 19 heavy (non-hydrogen) atoms.